The maximum Gasteiger partial charge on any atom is 0.215 e. The van der Waals surface area contributed by atoms with Gasteiger partial charge in [0.05, 0.1) is 5.75 Å². The van der Waals surface area contributed by atoms with Crippen molar-refractivity contribution in [1.29, 1.82) is 0 Å². The predicted octanol–water partition coefficient (Wildman–Crippen LogP) is 2.15. The third kappa shape index (κ3) is 5.28. The Hall–Kier alpha value is -0.870. The molecule has 0 saturated heterocycles. The fourth-order valence-corrected chi connectivity index (χ4v) is 2.56. The van der Waals surface area contributed by atoms with Gasteiger partial charge in [0, 0.05) is 6.54 Å². The molecule has 1 rings (SSSR count). The molecule has 0 fully saturated rings. The number of sulfonamides is 1. The highest BCUT2D eigenvalue weighted by molar-refractivity contribution is 7.88. The van der Waals surface area contributed by atoms with Gasteiger partial charge in [-0.25, -0.2) is 13.1 Å². The third-order valence-corrected chi connectivity index (χ3v) is 3.32. The highest BCUT2D eigenvalue weighted by Gasteiger charge is 2.16. The van der Waals surface area contributed by atoms with Crippen LogP contribution in [0.1, 0.15) is 26.3 Å². The molecule has 0 radical (unpaired) electrons. The van der Waals surface area contributed by atoms with Crippen molar-refractivity contribution >= 4 is 10.0 Å². The van der Waals surface area contributed by atoms with Crippen LogP contribution in [0.15, 0.2) is 30.3 Å². The molecule has 0 saturated carbocycles. The second kappa shape index (κ2) is 4.97. The lowest BCUT2D eigenvalue weighted by Gasteiger charge is -2.18. The van der Waals surface area contributed by atoms with Gasteiger partial charge in [0.1, 0.15) is 0 Å². The molecule has 0 amide bonds. The lowest BCUT2D eigenvalue weighted by atomic mass is 9.98. The van der Waals surface area contributed by atoms with Crippen molar-refractivity contribution in [2.24, 2.45) is 5.41 Å². The molecule has 1 aromatic rings. The molecule has 4 heteroatoms. The van der Waals surface area contributed by atoms with Crippen molar-refractivity contribution in [1.82, 2.24) is 4.72 Å². The Balaban J connectivity index is 2.60. The summed E-state index contributed by atoms with van der Waals surface area (Å²) in [5.74, 6) is 0.0456. The average Bonchev–Trinajstić information content (AvgIpc) is 2.15. The molecule has 0 aliphatic heterocycles. The molecule has 1 N–H and O–H groups in total. The number of rotatable bonds is 4. The molecule has 0 spiro atoms. The largest absolute Gasteiger partial charge is 0.215 e. The molecular weight excluding hydrogens is 222 g/mol. The van der Waals surface area contributed by atoms with Gasteiger partial charge < -0.3 is 0 Å². The standard InChI is InChI=1S/C12H19NO2S/c1-12(2,3)10-13-16(14,15)9-11-7-5-4-6-8-11/h4-8,13H,9-10H2,1-3H3. The second-order valence-electron chi connectivity index (χ2n) is 5.13. The summed E-state index contributed by atoms with van der Waals surface area (Å²) in [7, 11) is -3.22. The fourth-order valence-electron chi connectivity index (χ4n) is 1.17. The minimum Gasteiger partial charge on any atom is -0.214 e. The molecular formula is C12H19NO2S. The van der Waals surface area contributed by atoms with Crippen LogP contribution in [-0.4, -0.2) is 15.0 Å². The van der Waals surface area contributed by atoms with Gasteiger partial charge in [0.25, 0.3) is 0 Å². The molecule has 0 aromatic heterocycles. The van der Waals surface area contributed by atoms with Gasteiger partial charge in [-0.2, -0.15) is 0 Å². The van der Waals surface area contributed by atoms with Crippen LogP contribution in [0.3, 0.4) is 0 Å². The van der Waals surface area contributed by atoms with Gasteiger partial charge in [-0.15, -0.1) is 0 Å². The lowest BCUT2D eigenvalue weighted by molar-refractivity contribution is 0.407. The molecule has 0 bridgehead atoms. The minimum absolute atomic E-state index is 0.0379. The summed E-state index contributed by atoms with van der Waals surface area (Å²) in [6, 6.07) is 9.19. The van der Waals surface area contributed by atoms with Crippen molar-refractivity contribution in [3.63, 3.8) is 0 Å². The van der Waals surface area contributed by atoms with Crippen molar-refractivity contribution < 1.29 is 8.42 Å². The van der Waals surface area contributed by atoms with Crippen LogP contribution in [-0.2, 0) is 15.8 Å². The predicted molar refractivity (Wildman–Crippen MR) is 66.5 cm³/mol. The van der Waals surface area contributed by atoms with E-state index in [4.69, 9.17) is 0 Å². The third-order valence-electron chi connectivity index (χ3n) is 2.02. The summed E-state index contributed by atoms with van der Waals surface area (Å²) in [6.45, 7) is 6.45. The van der Waals surface area contributed by atoms with Crippen LogP contribution >= 0.6 is 0 Å². The van der Waals surface area contributed by atoms with Crippen molar-refractivity contribution in [3.8, 4) is 0 Å². The second-order valence-corrected chi connectivity index (χ2v) is 6.93. The van der Waals surface area contributed by atoms with Crippen LogP contribution in [0.4, 0.5) is 0 Å². The summed E-state index contributed by atoms with van der Waals surface area (Å²) < 4.78 is 26.1. The van der Waals surface area contributed by atoms with E-state index in [9.17, 15) is 8.42 Å². The van der Waals surface area contributed by atoms with Gasteiger partial charge in [-0.1, -0.05) is 51.1 Å². The van der Waals surface area contributed by atoms with E-state index in [1.807, 2.05) is 51.1 Å². The first-order valence-corrected chi connectivity index (χ1v) is 6.95. The van der Waals surface area contributed by atoms with Gasteiger partial charge in [-0.05, 0) is 11.0 Å². The molecule has 0 heterocycles. The Morgan fingerprint density at radius 2 is 1.69 bits per heavy atom. The Morgan fingerprint density at radius 1 is 1.12 bits per heavy atom. The fraction of sp³-hybridized carbons (Fsp3) is 0.500. The topological polar surface area (TPSA) is 46.2 Å². The van der Waals surface area contributed by atoms with Gasteiger partial charge in [0.2, 0.25) is 10.0 Å². The van der Waals surface area contributed by atoms with E-state index in [1.54, 1.807) is 0 Å². The van der Waals surface area contributed by atoms with Crippen molar-refractivity contribution in [2.75, 3.05) is 6.54 Å². The van der Waals surface area contributed by atoms with E-state index in [0.717, 1.165) is 5.56 Å². The maximum atomic E-state index is 11.7. The van der Waals surface area contributed by atoms with E-state index in [0.29, 0.717) is 6.54 Å². The summed E-state index contributed by atoms with van der Waals surface area (Å²) in [4.78, 5) is 0. The summed E-state index contributed by atoms with van der Waals surface area (Å²) in [6.07, 6.45) is 0. The van der Waals surface area contributed by atoms with Crippen LogP contribution in [0, 0.1) is 5.41 Å². The smallest absolute Gasteiger partial charge is 0.214 e. The maximum absolute atomic E-state index is 11.7. The molecule has 0 unspecified atom stereocenters. The lowest BCUT2D eigenvalue weighted by Crippen LogP contribution is -2.33. The van der Waals surface area contributed by atoms with Gasteiger partial charge in [0.15, 0.2) is 0 Å². The highest BCUT2D eigenvalue weighted by Crippen LogP contribution is 2.12. The first kappa shape index (κ1) is 13.2. The van der Waals surface area contributed by atoms with Crippen molar-refractivity contribution in [2.45, 2.75) is 26.5 Å². The SMILES string of the molecule is CC(C)(C)CNS(=O)(=O)Cc1ccccc1. The average molecular weight is 241 g/mol. The van der Waals surface area contributed by atoms with Crippen LogP contribution in [0.2, 0.25) is 0 Å². The Labute approximate surface area is 97.9 Å². The number of benzene rings is 1. The zero-order valence-corrected chi connectivity index (χ0v) is 10.8. The van der Waals surface area contributed by atoms with E-state index >= 15 is 0 Å². The zero-order valence-electron chi connectivity index (χ0n) is 10.0. The van der Waals surface area contributed by atoms with Crippen LogP contribution < -0.4 is 4.72 Å². The number of nitrogens with one attached hydrogen (secondary N) is 1. The van der Waals surface area contributed by atoms with Crippen LogP contribution in [0.5, 0.6) is 0 Å². The normalized spacial score (nSPS) is 12.7. The van der Waals surface area contributed by atoms with Gasteiger partial charge >= 0.3 is 0 Å². The molecule has 3 nitrogen and oxygen atoms in total. The monoisotopic (exact) mass is 241 g/mol. The van der Waals surface area contributed by atoms with E-state index in [-0.39, 0.29) is 11.2 Å². The summed E-state index contributed by atoms with van der Waals surface area (Å²) in [5, 5.41) is 0. The van der Waals surface area contributed by atoms with E-state index in [1.165, 1.54) is 0 Å². The Morgan fingerprint density at radius 3 is 2.19 bits per heavy atom. The van der Waals surface area contributed by atoms with E-state index in [2.05, 4.69) is 4.72 Å². The molecule has 16 heavy (non-hydrogen) atoms. The number of hydrogen-bond acceptors (Lipinski definition) is 2. The molecule has 0 aliphatic carbocycles. The van der Waals surface area contributed by atoms with Crippen molar-refractivity contribution in [3.05, 3.63) is 35.9 Å². The number of hydrogen-bond donors (Lipinski definition) is 1. The molecule has 0 atom stereocenters. The molecule has 0 aliphatic rings. The first-order chi connectivity index (χ1) is 7.29. The summed E-state index contributed by atoms with van der Waals surface area (Å²) >= 11 is 0. The summed E-state index contributed by atoms with van der Waals surface area (Å²) in [5.41, 5.74) is 0.771. The molecule has 90 valence electrons. The zero-order chi connectivity index (χ0) is 12.2. The highest BCUT2D eigenvalue weighted by atomic mass is 32.2. The quantitative estimate of drug-likeness (QED) is 0.878. The Bertz CT molecular complexity index is 418. The Kier molecular flexibility index (Phi) is 4.10. The minimum atomic E-state index is -3.22. The molecule has 1 aromatic carbocycles. The first-order valence-electron chi connectivity index (χ1n) is 5.30. The van der Waals surface area contributed by atoms with E-state index < -0.39 is 10.0 Å². The van der Waals surface area contributed by atoms with Gasteiger partial charge in [-0.3, -0.25) is 0 Å². The van der Waals surface area contributed by atoms with Crippen LogP contribution in [0.25, 0.3) is 0 Å².